The molecule has 1 aromatic heterocycles. The second-order valence-corrected chi connectivity index (χ2v) is 5.25. The van der Waals surface area contributed by atoms with Crippen LogP contribution in [0.4, 0.5) is 0 Å². The van der Waals surface area contributed by atoms with Gasteiger partial charge < -0.3 is 9.63 Å². The summed E-state index contributed by atoms with van der Waals surface area (Å²) >= 11 is 5.60. The van der Waals surface area contributed by atoms with E-state index in [-0.39, 0.29) is 6.42 Å². The molecule has 1 heterocycles. The highest BCUT2D eigenvalue weighted by atomic mass is 35.5. The predicted octanol–water partition coefficient (Wildman–Crippen LogP) is 3.91. The first-order valence-electron chi connectivity index (χ1n) is 6.65. The van der Waals surface area contributed by atoms with Gasteiger partial charge in [0.05, 0.1) is 6.42 Å². The Hall–Kier alpha value is -2.59. The first kappa shape index (κ1) is 14.4. The molecule has 110 valence electrons. The summed E-state index contributed by atoms with van der Waals surface area (Å²) in [5.74, 6) is -0.829. The van der Waals surface area contributed by atoms with Crippen LogP contribution in [0.2, 0.25) is 5.02 Å². The normalized spacial score (nSPS) is 10.6. The second-order valence-electron chi connectivity index (χ2n) is 4.85. The maximum Gasteiger partial charge on any atom is 0.307 e. The lowest BCUT2D eigenvalue weighted by molar-refractivity contribution is -0.136. The molecule has 0 saturated heterocycles. The molecule has 0 bridgehead atoms. The van der Waals surface area contributed by atoms with Crippen molar-refractivity contribution < 1.29 is 14.4 Å². The van der Waals surface area contributed by atoms with E-state index in [0.29, 0.717) is 0 Å². The molecule has 4 rings (SSSR count). The van der Waals surface area contributed by atoms with E-state index in [1.165, 1.54) is 16.7 Å². The Morgan fingerprint density at radius 2 is 1.91 bits per heavy atom. The molecule has 0 spiro atoms. The first-order chi connectivity index (χ1) is 10.6. The number of hydrogen-bond acceptors (Lipinski definition) is 3. The molecular weight excluding hydrogens is 302 g/mol. The Morgan fingerprint density at radius 3 is 2.27 bits per heavy atom. The largest absolute Gasteiger partial charge is 0.481 e. The molecule has 0 saturated carbocycles. The van der Waals surface area contributed by atoms with Crippen molar-refractivity contribution in [2.24, 2.45) is 0 Å². The number of benzene rings is 2. The summed E-state index contributed by atoms with van der Waals surface area (Å²) in [6.45, 7) is 0. The van der Waals surface area contributed by atoms with Gasteiger partial charge in [-0.3, -0.25) is 4.79 Å². The molecule has 5 heteroatoms. The van der Waals surface area contributed by atoms with Crippen molar-refractivity contribution >= 4 is 17.6 Å². The molecule has 22 heavy (non-hydrogen) atoms. The van der Waals surface area contributed by atoms with Crippen LogP contribution in [0.5, 0.6) is 0 Å². The van der Waals surface area contributed by atoms with Crippen molar-refractivity contribution in [3.8, 4) is 11.3 Å². The Morgan fingerprint density at radius 1 is 1.14 bits per heavy atom. The zero-order valence-electron chi connectivity index (χ0n) is 11.5. The summed E-state index contributed by atoms with van der Waals surface area (Å²) in [4.78, 5) is 10.5. The standard InChI is InChI=1S/C11H9NO3.C6H3Cl/c13-11(14)7-8-1-3-9(4-2-8)10-5-6-15-12-10;7-6-3-4-1-2-5(4)6/h1-6H,7H2,(H,13,14);1-3H. The molecule has 4 nitrogen and oxygen atoms in total. The van der Waals surface area contributed by atoms with E-state index < -0.39 is 5.97 Å². The number of rotatable bonds is 3. The van der Waals surface area contributed by atoms with E-state index >= 15 is 0 Å². The van der Waals surface area contributed by atoms with Crippen molar-refractivity contribution in [3.05, 3.63) is 75.8 Å². The number of nitrogens with zero attached hydrogens (tertiary/aromatic N) is 1. The highest BCUT2D eigenvalue weighted by Gasteiger charge is 2.03. The third-order valence-electron chi connectivity index (χ3n) is 3.32. The topological polar surface area (TPSA) is 63.3 Å². The lowest BCUT2D eigenvalue weighted by atomic mass is 10.1. The SMILES string of the molecule is Clc1cc2ccc1=2.O=C(O)Cc1ccc(-c2ccon2)cc1. The highest BCUT2D eigenvalue weighted by molar-refractivity contribution is 6.31. The number of aromatic nitrogens is 1. The average molecular weight is 314 g/mol. The maximum absolute atomic E-state index is 10.5. The Kier molecular flexibility index (Phi) is 3.94. The van der Waals surface area contributed by atoms with E-state index in [1.807, 2.05) is 24.3 Å². The van der Waals surface area contributed by atoms with Gasteiger partial charge in [0.1, 0.15) is 12.0 Å². The summed E-state index contributed by atoms with van der Waals surface area (Å²) in [5.41, 5.74) is 2.43. The Balaban J connectivity index is 0.000000169. The summed E-state index contributed by atoms with van der Waals surface area (Å²) in [6.07, 6.45) is 1.54. The zero-order valence-corrected chi connectivity index (χ0v) is 12.2. The molecule has 0 amide bonds. The fourth-order valence-corrected chi connectivity index (χ4v) is 2.36. The zero-order chi connectivity index (χ0) is 15.5. The lowest BCUT2D eigenvalue weighted by Gasteiger charge is -2.01. The van der Waals surface area contributed by atoms with Crippen molar-refractivity contribution in [1.29, 1.82) is 0 Å². The molecule has 1 N–H and O–H groups in total. The third-order valence-corrected chi connectivity index (χ3v) is 3.64. The van der Waals surface area contributed by atoms with Crippen LogP contribution in [-0.2, 0) is 11.2 Å². The van der Waals surface area contributed by atoms with Crippen molar-refractivity contribution in [3.63, 3.8) is 0 Å². The quantitative estimate of drug-likeness (QED) is 0.623. The van der Waals surface area contributed by atoms with Crippen LogP contribution in [0.15, 0.2) is 59.3 Å². The van der Waals surface area contributed by atoms with Gasteiger partial charge in [0.25, 0.3) is 0 Å². The molecule has 0 fully saturated rings. The molecule has 2 aliphatic carbocycles. The molecule has 0 atom stereocenters. The molecule has 2 aliphatic rings. The van der Waals surface area contributed by atoms with Gasteiger partial charge in [-0.15, -0.1) is 0 Å². The predicted molar refractivity (Wildman–Crippen MR) is 82.4 cm³/mol. The van der Waals surface area contributed by atoms with E-state index in [1.54, 1.807) is 18.2 Å². The lowest BCUT2D eigenvalue weighted by Crippen LogP contribution is -1.99. The maximum atomic E-state index is 10.5. The fourth-order valence-electron chi connectivity index (χ4n) is 2.07. The van der Waals surface area contributed by atoms with E-state index in [9.17, 15) is 4.79 Å². The van der Waals surface area contributed by atoms with Crippen LogP contribution >= 0.6 is 11.6 Å². The van der Waals surface area contributed by atoms with Crippen LogP contribution in [0.25, 0.3) is 11.3 Å². The van der Waals surface area contributed by atoms with Crippen molar-refractivity contribution in [2.45, 2.75) is 6.42 Å². The Bertz CT molecular complexity index is 887. The minimum atomic E-state index is -0.829. The molecule has 2 aromatic rings. The number of aliphatic carboxylic acids is 1. The fraction of sp³-hybridized carbons (Fsp3) is 0.0588. The monoisotopic (exact) mass is 313 g/mol. The van der Waals surface area contributed by atoms with Gasteiger partial charge in [0, 0.05) is 21.9 Å². The number of carboxylic acid groups (broad SMARTS) is 1. The van der Waals surface area contributed by atoms with Gasteiger partial charge in [-0.2, -0.15) is 0 Å². The first-order valence-corrected chi connectivity index (χ1v) is 7.03. The molecule has 0 unspecified atom stereocenters. The molecular formula is C17H12ClNO3. The van der Waals surface area contributed by atoms with Crippen LogP contribution in [0.3, 0.4) is 0 Å². The summed E-state index contributed by atoms with van der Waals surface area (Å²) < 4.78 is 4.72. The number of hydrogen-bond donors (Lipinski definition) is 1. The van der Waals surface area contributed by atoms with Crippen LogP contribution in [0, 0.1) is 10.4 Å². The summed E-state index contributed by atoms with van der Waals surface area (Å²) in [6, 6.07) is 15.0. The minimum absolute atomic E-state index is 0.0408. The summed E-state index contributed by atoms with van der Waals surface area (Å²) in [5, 5.41) is 15.8. The Labute approximate surface area is 131 Å². The van der Waals surface area contributed by atoms with Gasteiger partial charge in [-0.25, -0.2) is 0 Å². The van der Waals surface area contributed by atoms with Gasteiger partial charge >= 0.3 is 5.97 Å². The van der Waals surface area contributed by atoms with E-state index in [0.717, 1.165) is 21.8 Å². The van der Waals surface area contributed by atoms with Gasteiger partial charge in [0.15, 0.2) is 0 Å². The van der Waals surface area contributed by atoms with Gasteiger partial charge in [-0.05, 0) is 16.8 Å². The van der Waals surface area contributed by atoms with Crippen LogP contribution in [0.1, 0.15) is 5.56 Å². The van der Waals surface area contributed by atoms with E-state index in [4.69, 9.17) is 21.2 Å². The molecule has 1 aromatic carbocycles. The highest BCUT2D eigenvalue weighted by Crippen LogP contribution is 2.20. The molecule has 0 aliphatic heterocycles. The van der Waals surface area contributed by atoms with Crippen LogP contribution in [-0.4, -0.2) is 16.2 Å². The van der Waals surface area contributed by atoms with Crippen molar-refractivity contribution in [1.82, 2.24) is 5.16 Å². The summed E-state index contributed by atoms with van der Waals surface area (Å²) in [7, 11) is 0. The third kappa shape index (κ3) is 3.02. The van der Waals surface area contributed by atoms with Crippen LogP contribution < -0.4 is 0 Å². The van der Waals surface area contributed by atoms with Crippen molar-refractivity contribution in [2.75, 3.05) is 0 Å². The van der Waals surface area contributed by atoms with Gasteiger partial charge in [0.2, 0.25) is 0 Å². The molecule has 0 radical (unpaired) electrons. The minimum Gasteiger partial charge on any atom is -0.481 e. The van der Waals surface area contributed by atoms with E-state index in [2.05, 4.69) is 11.2 Å². The smallest absolute Gasteiger partial charge is 0.307 e. The second kappa shape index (κ2) is 6.03. The number of halogens is 1. The number of carboxylic acids is 1. The number of carbonyl (C=O) groups is 1. The van der Waals surface area contributed by atoms with Gasteiger partial charge in [-0.1, -0.05) is 53.2 Å². The average Bonchev–Trinajstić information content (AvgIpc) is 2.99.